The van der Waals surface area contributed by atoms with Gasteiger partial charge in [0.1, 0.15) is 5.75 Å². The molecule has 0 bridgehead atoms. The molecule has 25 heavy (non-hydrogen) atoms. The van der Waals surface area contributed by atoms with Crippen LogP contribution in [0.5, 0.6) is 5.75 Å². The highest BCUT2D eigenvalue weighted by atomic mass is 16.5. The fraction of sp³-hybridized carbons (Fsp3) is 0.696. The average Bonchev–Trinajstić information content (AvgIpc) is 2.62. The third-order valence-corrected chi connectivity index (χ3v) is 4.73. The Hall–Kier alpha value is -1.31. The second kappa shape index (κ2) is 15.0. The molecule has 2 heteroatoms. The summed E-state index contributed by atoms with van der Waals surface area (Å²) in [5.74, 6) is 0.690. The van der Waals surface area contributed by atoms with Gasteiger partial charge in [-0.25, -0.2) is 0 Å². The van der Waals surface area contributed by atoms with Crippen LogP contribution in [-0.2, 0) is 11.2 Å². The first-order chi connectivity index (χ1) is 12.3. The molecular formula is C23H38O2. The highest BCUT2D eigenvalue weighted by Crippen LogP contribution is 2.22. The third-order valence-electron chi connectivity index (χ3n) is 4.73. The summed E-state index contributed by atoms with van der Waals surface area (Å²) in [6.07, 6.45) is 16.5. The Labute approximate surface area is 155 Å². The van der Waals surface area contributed by atoms with Crippen LogP contribution in [0.4, 0.5) is 0 Å². The molecule has 0 fully saturated rings. The number of benzene rings is 1. The monoisotopic (exact) mass is 346 g/mol. The van der Waals surface area contributed by atoms with E-state index in [0.29, 0.717) is 6.42 Å². The zero-order chi connectivity index (χ0) is 18.2. The molecule has 2 nitrogen and oxygen atoms in total. The van der Waals surface area contributed by atoms with Gasteiger partial charge in [-0.15, -0.1) is 0 Å². The number of carbonyl (C=O) groups excluding carboxylic acids is 1. The van der Waals surface area contributed by atoms with Crippen molar-refractivity contribution in [2.75, 3.05) is 0 Å². The van der Waals surface area contributed by atoms with Gasteiger partial charge in [-0.2, -0.15) is 0 Å². The molecule has 0 amide bonds. The molecule has 142 valence electrons. The van der Waals surface area contributed by atoms with Crippen LogP contribution < -0.4 is 4.74 Å². The standard InChI is InChI=1S/C23H38O2/c1-3-5-7-9-10-12-13-17-21-18-15-16-19-22(21)25-23(24)20-14-11-8-6-4-2/h15-16,18-19H,3-14,17,20H2,1-2H3. The highest BCUT2D eigenvalue weighted by molar-refractivity contribution is 5.72. The molecule has 0 N–H and O–H groups in total. The van der Waals surface area contributed by atoms with Crippen LogP contribution in [0.15, 0.2) is 24.3 Å². The van der Waals surface area contributed by atoms with E-state index in [2.05, 4.69) is 19.9 Å². The lowest BCUT2D eigenvalue weighted by atomic mass is 10.0. The highest BCUT2D eigenvalue weighted by Gasteiger charge is 2.08. The molecular weight excluding hydrogens is 308 g/mol. The minimum Gasteiger partial charge on any atom is -0.426 e. The maximum absolute atomic E-state index is 12.1. The van der Waals surface area contributed by atoms with Crippen LogP contribution in [0.3, 0.4) is 0 Å². The topological polar surface area (TPSA) is 26.3 Å². The van der Waals surface area contributed by atoms with Crippen molar-refractivity contribution in [3.8, 4) is 5.75 Å². The molecule has 0 aromatic heterocycles. The average molecular weight is 347 g/mol. The fourth-order valence-corrected chi connectivity index (χ4v) is 3.13. The number of ether oxygens (including phenoxy) is 1. The van der Waals surface area contributed by atoms with Crippen LogP contribution in [0.2, 0.25) is 0 Å². The molecule has 0 saturated carbocycles. The Morgan fingerprint density at radius 2 is 1.32 bits per heavy atom. The van der Waals surface area contributed by atoms with Gasteiger partial charge in [0, 0.05) is 6.42 Å². The molecule has 1 aromatic carbocycles. The normalized spacial score (nSPS) is 10.8. The maximum Gasteiger partial charge on any atom is 0.311 e. The second-order valence-corrected chi connectivity index (χ2v) is 7.12. The molecule has 0 aliphatic heterocycles. The third kappa shape index (κ3) is 11.0. The predicted molar refractivity (Wildman–Crippen MR) is 107 cm³/mol. The summed E-state index contributed by atoms with van der Waals surface area (Å²) in [5, 5.41) is 0. The van der Waals surface area contributed by atoms with Crippen LogP contribution >= 0.6 is 0 Å². The summed E-state index contributed by atoms with van der Waals surface area (Å²) in [7, 11) is 0. The lowest BCUT2D eigenvalue weighted by Gasteiger charge is -2.10. The Balaban J connectivity index is 2.27. The van der Waals surface area contributed by atoms with Crippen molar-refractivity contribution in [2.24, 2.45) is 0 Å². The number of rotatable bonds is 15. The lowest BCUT2D eigenvalue weighted by Crippen LogP contribution is -2.09. The van der Waals surface area contributed by atoms with E-state index in [1.165, 1.54) is 69.8 Å². The number of para-hydroxylation sites is 1. The SMILES string of the molecule is CCCCCCCCCc1ccccc1OC(=O)CCCCCCC. The van der Waals surface area contributed by atoms with Gasteiger partial charge in [-0.3, -0.25) is 4.79 Å². The molecule has 0 aliphatic carbocycles. The molecule has 0 atom stereocenters. The smallest absolute Gasteiger partial charge is 0.311 e. The van der Waals surface area contributed by atoms with Gasteiger partial charge in [-0.1, -0.05) is 96.3 Å². The Morgan fingerprint density at radius 1 is 0.760 bits per heavy atom. The van der Waals surface area contributed by atoms with Crippen LogP contribution in [0, 0.1) is 0 Å². The Bertz CT molecular complexity index is 453. The summed E-state index contributed by atoms with van der Waals surface area (Å²) < 4.78 is 5.62. The maximum atomic E-state index is 12.1. The number of carbonyl (C=O) groups is 1. The van der Waals surface area contributed by atoms with Gasteiger partial charge >= 0.3 is 5.97 Å². The van der Waals surface area contributed by atoms with E-state index in [-0.39, 0.29) is 5.97 Å². The van der Waals surface area contributed by atoms with E-state index in [0.717, 1.165) is 25.0 Å². The Kier molecular flexibility index (Phi) is 13.0. The van der Waals surface area contributed by atoms with Crippen molar-refractivity contribution in [1.29, 1.82) is 0 Å². The number of unbranched alkanes of at least 4 members (excludes halogenated alkanes) is 10. The summed E-state index contributed by atoms with van der Waals surface area (Å²) in [5.41, 5.74) is 1.18. The van der Waals surface area contributed by atoms with Crippen molar-refractivity contribution in [3.63, 3.8) is 0 Å². The van der Waals surface area contributed by atoms with Gasteiger partial charge in [-0.05, 0) is 30.9 Å². The van der Waals surface area contributed by atoms with E-state index in [1.54, 1.807) is 0 Å². The molecule has 1 rings (SSSR count). The van der Waals surface area contributed by atoms with Crippen LogP contribution in [0.1, 0.15) is 103 Å². The Morgan fingerprint density at radius 3 is 2.00 bits per heavy atom. The van der Waals surface area contributed by atoms with Gasteiger partial charge in [0.15, 0.2) is 0 Å². The van der Waals surface area contributed by atoms with Crippen molar-refractivity contribution in [3.05, 3.63) is 29.8 Å². The van der Waals surface area contributed by atoms with Crippen molar-refractivity contribution in [2.45, 2.75) is 104 Å². The quantitative estimate of drug-likeness (QED) is 0.190. The van der Waals surface area contributed by atoms with Gasteiger partial charge in [0.05, 0.1) is 0 Å². The molecule has 1 aromatic rings. The molecule has 0 heterocycles. The number of hydrogen-bond acceptors (Lipinski definition) is 2. The molecule has 0 spiro atoms. The first-order valence-corrected chi connectivity index (χ1v) is 10.6. The van der Waals surface area contributed by atoms with E-state index < -0.39 is 0 Å². The first-order valence-electron chi connectivity index (χ1n) is 10.6. The van der Waals surface area contributed by atoms with Crippen LogP contribution in [-0.4, -0.2) is 5.97 Å². The molecule has 0 saturated heterocycles. The summed E-state index contributed by atoms with van der Waals surface area (Å²) in [6.45, 7) is 4.46. The lowest BCUT2D eigenvalue weighted by molar-refractivity contribution is -0.134. The van der Waals surface area contributed by atoms with E-state index in [1.807, 2.05) is 18.2 Å². The van der Waals surface area contributed by atoms with Gasteiger partial charge in [0.2, 0.25) is 0 Å². The molecule has 0 unspecified atom stereocenters. The summed E-state index contributed by atoms with van der Waals surface area (Å²) in [4.78, 5) is 12.1. The molecule has 0 radical (unpaired) electrons. The van der Waals surface area contributed by atoms with Crippen molar-refractivity contribution in [1.82, 2.24) is 0 Å². The first kappa shape index (κ1) is 21.7. The van der Waals surface area contributed by atoms with Crippen molar-refractivity contribution < 1.29 is 9.53 Å². The minimum atomic E-state index is -0.0801. The van der Waals surface area contributed by atoms with E-state index >= 15 is 0 Å². The number of aryl methyl sites for hydroxylation is 1. The van der Waals surface area contributed by atoms with Gasteiger partial charge < -0.3 is 4.74 Å². The second-order valence-electron chi connectivity index (χ2n) is 7.12. The number of esters is 1. The zero-order valence-electron chi connectivity index (χ0n) is 16.5. The van der Waals surface area contributed by atoms with Crippen molar-refractivity contribution >= 4 is 5.97 Å². The number of hydrogen-bond donors (Lipinski definition) is 0. The van der Waals surface area contributed by atoms with E-state index in [4.69, 9.17) is 4.74 Å². The van der Waals surface area contributed by atoms with E-state index in [9.17, 15) is 4.79 Å². The van der Waals surface area contributed by atoms with Gasteiger partial charge in [0.25, 0.3) is 0 Å². The summed E-state index contributed by atoms with van der Waals surface area (Å²) in [6, 6.07) is 8.03. The largest absolute Gasteiger partial charge is 0.426 e. The molecule has 0 aliphatic rings. The van der Waals surface area contributed by atoms with Crippen LogP contribution in [0.25, 0.3) is 0 Å². The fourth-order valence-electron chi connectivity index (χ4n) is 3.13. The zero-order valence-corrected chi connectivity index (χ0v) is 16.5. The predicted octanol–water partition coefficient (Wildman–Crippen LogP) is 7.25. The minimum absolute atomic E-state index is 0.0801. The summed E-state index contributed by atoms with van der Waals surface area (Å²) >= 11 is 0.